The van der Waals surface area contributed by atoms with Gasteiger partial charge in [-0.2, -0.15) is 0 Å². The van der Waals surface area contributed by atoms with Crippen LogP contribution < -0.4 is 0 Å². The predicted molar refractivity (Wildman–Crippen MR) is 94.0 cm³/mol. The van der Waals surface area contributed by atoms with E-state index in [1.54, 1.807) is 0 Å². The van der Waals surface area contributed by atoms with Crippen molar-refractivity contribution in [1.29, 1.82) is 0 Å². The van der Waals surface area contributed by atoms with Crippen LogP contribution in [-0.4, -0.2) is 23.9 Å². The molecule has 2 nitrogen and oxygen atoms in total. The predicted octanol–water partition coefficient (Wildman–Crippen LogP) is 4.88. The van der Waals surface area contributed by atoms with Gasteiger partial charge in [-0.1, -0.05) is 33.6 Å². The molecule has 1 saturated heterocycles. The van der Waals surface area contributed by atoms with E-state index in [0.29, 0.717) is 22.8 Å². The Morgan fingerprint density at radius 3 is 2.65 bits per heavy atom. The van der Waals surface area contributed by atoms with Gasteiger partial charge in [-0.25, -0.2) is 0 Å². The molecule has 4 aliphatic rings. The molecule has 0 radical (unpaired) electrons. The lowest BCUT2D eigenvalue weighted by molar-refractivity contribution is -0.167. The Hall–Kier alpha value is -0.530. The minimum Gasteiger partial charge on any atom is -0.342 e. The third kappa shape index (κ3) is 2.09. The van der Waals surface area contributed by atoms with Gasteiger partial charge in [-0.15, -0.1) is 0 Å². The Morgan fingerprint density at radius 1 is 1.13 bits per heavy atom. The fraction of sp³-hybridized carbons (Fsp3) is 0.952. The first-order valence-corrected chi connectivity index (χ1v) is 10.2. The maximum absolute atomic E-state index is 12.4. The van der Waals surface area contributed by atoms with E-state index in [4.69, 9.17) is 0 Å². The van der Waals surface area contributed by atoms with Crippen molar-refractivity contribution in [3.05, 3.63) is 0 Å². The quantitative estimate of drug-likeness (QED) is 0.675. The molecule has 0 bridgehead atoms. The molecule has 0 aromatic carbocycles. The highest BCUT2D eigenvalue weighted by atomic mass is 16.2. The second-order valence-corrected chi connectivity index (χ2v) is 9.82. The number of likely N-dealkylation sites (tertiary alicyclic amines) is 1. The molecule has 1 aliphatic heterocycles. The third-order valence-electron chi connectivity index (χ3n) is 8.98. The molecule has 2 heteroatoms. The van der Waals surface area contributed by atoms with Crippen LogP contribution in [0.3, 0.4) is 0 Å². The molecule has 0 spiro atoms. The average Bonchev–Trinajstić information content (AvgIpc) is 2.92. The van der Waals surface area contributed by atoms with Gasteiger partial charge in [0.25, 0.3) is 0 Å². The van der Waals surface area contributed by atoms with Crippen molar-refractivity contribution in [1.82, 2.24) is 4.90 Å². The lowest BCUT2D eigenvalue weighted by Crippen LogP contribution is -2.64. The van der Waals surface area contributed by atoms with E-state index in [-0.39, 0.29) is 0 Å². The van der Waals surface area contributed by atoms with Crippen LogP contribution in [0.15, 0.2) is 0 Å². The smallest absolute Gasteiger partial charge is 0.222 e. The zero-order valence-corrected chi connectivity index (χ0v) is 15.6. The first-order chi connectivity index (χ1) is 10.9. The molecule has 4 fully saturated rings. The van der Waals surface area contributed by atoms with Crippen molar-refractivity contribution in [3.8, 4) is 0 Å². The van der Waals surface area contributed by atoms with Crippen molar-refractivity contribution in [2.75, 3.05) is 7.05 Å². The largest absolute Gasteiger partial charge is 0.342 e. The van der Waals surface area contributed by atoms with Crippen LogP contribution in [0.25, 0.3) is 0 Å². The summed E-state index contributed by atoms with van der Waals surface area (Å²) in [7, 11) is 2.09. The SMILES string of the molecule is CC[C@@H]1C[C@H]2[C@@H]3CCC[C@@]3(C)CC[C@@H]2[C@@]2(C)CCC(=O)N(C)[C@H]12. The maximum atomic E-state index is 12.4. The van der Waals surface area contributed by atoms with Crippen LogP contribution in [-0.2, 0) is 4.79 Å². The Kier molecular flexibility index (Phi) is 3.63. The summed E-state index contributed by atoms with van der Waals surface area (Å²) in [6.45, 7) is 7.50. The summed E-state index contributed by atoms with van der Waals surface area (Å²) in [5.74, 6) is 3.88. The molecule has 130 valence electrons. The topological polar surface area (TPSA) is 20.3 Å². The second-order valence-electron chi connectivity index (χ2n) is 9.82. The minimum absolute atomic E-state index is 0.371. The third-order valence-corrected chi connectivity index (χ3v) is 8.98. The molecule has 3 saturated carbocycles. The molecule has 1 amide bonds. The van der Waals surface area contributed by atoms with Crippen molar-refractivity contribution < 1.29 is 4.79 Å². The molecule has 0 unspecified atom stereocenters. The number of nitrogens with zero attached hydrogens (tertiary/aromatic N) is 1. The van der Waals surface area contributed by atoms with E-state index in [0.717, 1.165) is 36.5 Å². The van der Waals surface area contributed by atoms with Gasteiger partial charge in [0.2, 0.25) is 5.91 Å². The normalized spacial score (nSPS) is 52.8. The highest BCUT2D eigenvalue weighted by Crippen LogP contribution is 2.65. The van der Waals surface area contributed by atoms with Crippen LogP contribution in [0.1, 0.15) is 78.6 Å². The fourth-order valence-corrected chi connectivity index (χ4v) is 7.85. The standard InChI is InChI=1S/C21H35NO/c1-5-14-13-15-16-7-6-10-20(16,2)11-8-17(15)21(3)12-9-18(23)22(4)19(14)21/h14-17,19H,5-13H2,1-4H3/t14-,15+,16+,17+,19-,20+,21-/m1/s1. The van der Waals surface area contributed by atoms with E-state index >= 15 is 0 Å². The van der Waals surface area contributed by atoms with Crippen molar-refractivity contribution in [2.45, 2.75) is 84.6 Å². The van der Waals surface area contributed by atoms with Gasteiger partial charge < -0.3 is 4.90 Å². The molecule has 1 heterocycles. The number of piperidine rings is 1. The molecular formula is C21H35NO. The highest BCUT2D eigenvalue weighted by Gasteiger charge is 2.61. The summed E-state index contributed by atoms with van der Waals surface area (Å²) < 4.78 is 0. The lowest BCUT2D eigenvalue weighted by Gasteiger charge is -2.63. The van der Waals surface area contributed by atoms with E-state index in [1.165, 1.54) is 44.9 Å². The monoisotopic (exact) mass is 317 g/mol. The van der Waals surface area contributed by atoms with Crippen LogP contribution >= 0.6 is 0 Å². The van der Waals surface area contributed by atoms with Crippen LogP contribution in [0.2, 0.25) is 0 Å². The van der Waals surface area contributed by atoms with E-state index in [9.17, 15) is 4.79 Å². The average molecular weight is 318 g/mol. The van der Waals surface area contributed by atoms with Gasteiger partial charge >= 0.3 is 0 Å². The second kappa shape index (κ2) is 5.23. The molecule has 0 aromatic rings. The number of rotatable bonds is 1. The van der Waals surface area contributed by atoms with E-state index in [1.807, 2.05) is 0 Å². The van der Waals surface area contributed by atoms with Gasteiger partial charge in [-0.05, 0) is 73.0 Å². The van der Waals surface area contributed by atoms with Crippen LogP contribution in [0.4, 0.5) is 0 Å². The zero-order chi connectivity index (χ0) is 16.4. The maximum Gasteiger partial charge on any atom is 0.222 e. The number of carbonyl (C=O) groups is 1. The van der Waals surface area contributed by atoms with Gasteiger partial charge in [0, 0.05) is 19.5 Å². The number of fused-ring (bicyclic) bond motifs is 5. The van der Waals surface area contributed by atoms with Crippen molar-refractivity contribution in [2.24, 2.45) is 34.5 Å². The fourth-order valence-electron chi connectivity index (χ4n) is 7.85. The van der Waals surface area contributed by atoms with Crippen molar-refractivity contribution >= 4 is 5.91 Å². The number of amides is 1. The molecule has 4 rings (SSSR count). The first-order valence-electron chi connectivity index (χ1n) is 10.2. The number of carbonyl (C=O) groups excluding carboxylic acids is 1. The molecule has 23 heavy (non-hydrogen) atoms. The lowest BCUT2D eigenvalue weighted by atomic mass is 9.45. The summed E-state index contributed by atoms with van der Waals surface area (Å²) in [5.41, 5.74) is 1.01. The molecule has 0 aromatic heterocycles. The summed E-state index contributed by atoms with van der Waals surface area (Å²) >= 11 is 0. The molecule has 0 N–H and O–H groups in total. The van der Waals surface area contributed by atoms with E-state index in [2.05, 4.69) is 32.7 Å². The van der Waals surface area contributed by atoms with Crippen LogP contribution in [0, 0.1) is 34.5 Å². The van der Waals surface area contributed by atoms with Gasteiger partial charge in [0.1, 0.15) is 0 Å². The Balaban J connectivity index is 1.72. The van der Waals surface area contributed by atoms with Crippen LogP contribution in [0.5, 0.6) is 0 Å². The highest BCUT2D eigenvalue weighted by molar-refractivity contribution is 5.77. The van der Waals surface area contributed by atoms with Gasteiger partial charge in [0.15, 0.2) is 0 Å². The Bertz CT molecular complexity index is 502. The van der Waals surface area contributed by atoms with Gasteiger partial charge in [-0.3, -0.25) is 4.79 Å². The molecule has 3 aliphatic carbocycles. The van der Waals surface area contributed by atoms with Gasteiger partial charge in [0.05, 0.1) is 0 Å². The number of hydrogen-bond acceptors (Lipinski definition) is 1. The first kappa shape index (κ1) is 16.0. The summed E-state index contributed by atoms with van der Waals surface area (Å²) in [6.07, 6.45) is 11.8. The zero-order valence-electron chi connectivity index (χ0n) is 15.6. The number of hydrogen-bond donors (Lipinski definition) is 0. The Morgan fingerprint density at radius 2 is 1.91 bits per heavy atom. The summed E-state index contributed by atoms with van der Waals surface area (Å²) in [5, 5.41) is 0. The van der Waals surface area contributed by atoms with E-state index < -0.39 is 0 Å². The molecule has 7 atom stereocenters. The summed E-state index contributed by atoms with van der Waals surface area (Å²) in [4.78, 5) is 14.5. The molecular weight excluding hydrogens is 282 g/mol. The van der Waals surface area contributed by atoms with Crippen molar-refractivity contribution in [3.63, 3.8) is 0 Å². The Labute approximate surface area is 142 Å². The minimum atomic E-state index is 0.371. The summed E-state index contributed by atoms with van der Waals surface area (Å²) in [6, 6.07) is 0.501.